The molecule has 144 valence electrons. The van der Waals surface area contributed by atoms with Crippen molar-refractivity contribution >= 4 is 28.1 Å². The molecule has 1 fully saturated rings. The van der Waals surface area contributed by atoms with Crippen LogP contribution in [-0.4, -0.2) is 31.8 Å². The summed E-state index contributed by atoms with van der Waals surface area (Å²) in [5.74, 6) is 0.540. The molecule has 0 bridgehead atoms. The number of fused-ring (bicyclic) bond motifs is 1. The molecular formula is C23H24N2O3. The standard InChI is InChI=1S/C23H24N2O3/c26-23(15-24-19-12-11-17-6-1-2-7-18(17)14-19)25-21-9-3-4-10-22(21)28-16-20-8-5-13-27-20/h1-4,6-7,9-12,14,20,24H,5,8,13,15-16H2,(H,25,26). The Morgan fingerprint density at radius 3 is 2.71 bits per heavy atom. The van der Waals surface area contributed by atoms with E-state index in [9.17, 15) is 4.79 Å². The van der Waals surface area contributed by atoms with E-state index in [0.29, 0.717) is 18.0 Å². The van der Waals surface area contributed by atoms with Gasteiger partial charge in [0.25, 0.3) is 0 Å². The average molecular weight is 376 g/mol. The molecule has 1 heterocycles. The van der Waals surface area contributed by atoms with Crippen LogP contribution in [0.25, 0.3) is 10.8 Å². The molecule has 0 aliphatic carbocycles. The zero-order chi connectivity index (χ0) is 19.2. The van der Waals surface area contributed by atoms with E-state index in [0.717, 1.165) is 30.5 Å². The topological polar surface area (TPSA) is 59.6 Å². The van der Waals surface area contributed by atoms with Crippen LogP contribution in [0.15, 0.2) is 66.7 Å². The third kappa shape index (κ3) is 4.61. The van der Waals surface area contributed by atoms with Gasteiger partial charge in [0, 0.05) is 12.3 Å². The molecule has 3 aromatic carbocycles. The fraction of sp³-hybridized carbons (Fsp3) is 0.261. The van der Waals surface area contributed by atoms with Crippen LogP contribution in [0, 0.1) is 0 Å². The minimum atomic E-state index is -0.124. The van der Waals surface area contributed by atoms with E-state index >= 15 is 0 Å². The van der Waals surface area contributed by atoms with Crippen molar-refractivity contribution in [1.82, 2.24) is 0 Å². The van der Waals surface area contributed by atoms with Gasteiger partial charge in [0.2, 0.25) is 5.91 Å². The number of para-hydroxylation sites is 2. The third-order valence-corrected chi connectivity index (χ3v) is 4.81. The lowest BCUT2D eigenvalue weighted by molar-refractivity contribution is -0.114. The second kappa shape index (κ2) is 8.76. The smallest absolute Gasteiger partial charge is 0.243 e. The maximum atomic E-state index is 12.4. The van der Waals surface area contributed by atoms with E-state index in [1.165, 1.54) is 5.39 Å². The van der Waals surface area contributed by atoms with Crippen molar-refractivity contribution in [1.29, 1.82) is 0 Å². The van der Waals surface area contributed by atoms with Gasteiger partial charge in [-0.05, 0) is 47.9 Å². The second-order valence-electron chi connectivity index (χ2n) is 6.91. The second-order valence-corrected chi connectivity index (χ2v) is 6.91. The van der Waals surface area contributed by atoms with Gasteiger partial charge in [-0.2, -0.15) is 0 Å². The number of carbonyl (C=O) groups excluding carboxylic acids is 1. The Bertz CT molecular complexity index is 951. The Hall–Kier alpha value is -3.05. The van der Waals surface area contributed by atoms with Crippen LogP contribution >= 0.6 is 0 Å². The number of carbonyl (C=O) groups is 1. The predicted octanol–water partition coefficient (Wildman–Crippen LogP) is 4.45. The molecule has 5 heteroatoms. The summed E-state index contributed by atoms with van der Waals surface area (Å²) in [6, 6.07) is 21.7. The van der Waals surface area contributed by atoms with Crippen LogP contribution < -0.4 is 15.4 Å². The summed E-state index contributed by atoms with van der Waals surface area (Å²) in [7, 11) is 0. The first-order chi connectivity index (χ1) is 13.8. The van der Waals surface area contributed by atoms with E-state index in [1.54, 1.807) is 0 Å². The molecule has 28 heavy (non-hydrogen) atoms. The number of anilines is 2. The van der Waals surface area contributed by atoms with Crippen LogP contribution in [0.1, 0.15) is 12.8 Å². The van der Waals surface area contributed by atoms with Crippen molar-refractivity contribution in [2.45, 2.75) is 18.9 Å². The first-order valence-electron chi connectivity index (χ1n) is 9.64. The summed E-state index contributed by atoms with van der Waals surface area (Å²) in [4.78, 5) is 12.4. The number of hydrogen-bond donors (Lipinski definition) is 2. The highest BCUT2D eigenvalue weighted by Crippen LogP contribution is 2.25. The van der Waals surface area contributed by atoms with Crippen LogP contribution in [0.4, 0.5) is 11.4 Å². The SMILES string of the molecule is O=C(CNc1ccc2ccccc2c1)Nc1ccccc1OCC1CCCO1. The Morgan fingerprint density at radius 2 is 1.86 bits per heavy atom. The molecule has 0 radical (unpaired) electrons. The monoisotopic (exact) mass is 376 g/mol. The van der Waals surface area contributed by atoms with Gasteiger partial charge in [0.15, 0.2) is 0 Å². The molecule has 0 spiro atoms. The van der Waals surface area contributed by atoms with Gasteiger partial charge in [0.05, 0.1) is 18.3 Å². The number of hydrogen-bond acceptors (Lipinski definition) is 4. The Kier molecular flexibility index (Phi) is 5.73. The molecule has 1 atom stereocenters. The predicted molar refractivity (Wildman–Crippen MR) is 112 cm³/mol. The van der Waals surface area contributed by atoms with Crippen molar-refractivity contribution < 1.29 is 14.3 Å². The van der Waals surface area contributed by atoms with Crippen molar-refractivity contribution in [2.24, 2.45) is 0 Å². The lowest BCUT2D eigenvalue weighted by Crippen LogP contribution is -2.22. The number of ether oxygens (including phenoxy) is 2. The van der Waals surface area contributed by atoms with E-state index < -0.39 is 0 Å². The average Bonchev–Trinajstić information content (AvgIpc) is 3.25. The first-order valence-corrected chi connectivity index (χ1v) is 9.64. The lowest BCUT2D eigenvalue weighted by Gasteiger charge is -2.15. The fourth-order valence-electron chi connectivity index (χ4n) is 3.33. The van der Waals surface area contributed by atoms with E-state index in [1.807, 2.05) is 54.6 Å². The summed E-state index contributed by atoms with van der Waals surface area (Å²) in [6.45, 7) is 1.48. The largest absolute Gasteiger partial charge is 0.489 e. The molecule has 1 aliphatic rings. The van der Waals surface area contributed by atoms with Gasteiger partial charge in [0.1, 0.15) is 12.4 Å². The summed E-state index contributed by atoms with van der Waals surface area (Å²) < 4.78 is 11.5. The van der Waals surface area contributed by atoms with Gasteiger partial charge in [-0.25, -0.2) is 0 Å². The lowest BCUT2D eigenvalue weighted by atomic mass is 10.1. The molecule has 2 N–H and O–H groups in total. The molecule has 1 saturated heterocycles. The highest BCUT2D eigenvalue weighted by atomic mass is 16.5. The van der Waals surface area contributed by atoms with E-state index in [4.69, 9.17) is 9.47 Å². The van der Waals surface area contributed by atoms with Crippen molar-refractivity contribution in [3.05, 3.63) is 66.7 Å². The van der Waals surface area contributed by atoms with Crippen LogP contribution in [0.2, 0.25) is 0 Å². The highest BCUT2D eigenvalue weighted by molar-refractivity contribution is 5.95. The van der Waals surface area contributed by atoms with E-state index in [-0.39, 0.29) is 18.6 Å². The van der Waals surface area contributed by atoms with Crippen molar-refractivity contribution in [2.75, 3.05) is 30.4 Å². The first kappa shape index (κ1) is 18.3. The van der Waals surface area contributed by atoms with Gasteiger partial charge < -0.3 is 20.1 Å². The van der Waals surface area contributed by atoms with Gasteiger partial charge >= 0.3 is 0 Å². The van der Waals surface area contributed by atoms with Gasteiger partial charge in [-0.1, -0.05) is 42.5 Å². The molecule has 1 unspecified atom stereocenters. The van der Waals surface area contributed by atoms with Crippen LogP contribution in [0.3, 0.4) is 0 Å². The summed E-state index contributed by atoms with van der Waals surface area (Å²) in [5.41, 5.74) is 1.59. The zero-order valence-corrected chi connectivity index (χ0v) is 15.7. The Labute approximate surface area is 164 Å². The summed E-state index contributed by atoms with van der Waals surface area (Å²) in [6.07, 6.45) is 2.23. The Morgan fingerprint density at radius 1 is 1.04 bits per heavy atom. The number of rotatable bonds is 7. The normalized spacial score (nSPS) is 16.1. The van der Waals surface area contributed by atoms with Crippen molar-refractivity contribution in [3.8, 4) is 5.75 Å². The molecule has 3 aromatic rings. The van der Waals surface area contributed by atoms with Crippen molar-refractivity contribution in [3.63, 3.8) is 0 Å². The molecular weight excluding hydrogens is 352 g/mol. The van der Waals surface area contributed by atoms with Crippen LogP contribution in [-0.2, 0) is 9.53 Å². The quantitative estimate of drug-likeness (QED) is 0.640. The molecule has 1 aliphatic heterocycles. The van der Waals surface area contributed by atoms with Gasteiger partial charge in [-0.3, -0.25) is 4.79 Å². The Balaban J connectivity index is 1.34. The number of nitrogens with one attached hydrogen (secondary N) is 2. The zero-order valence-electron chi connectivity index (χ0n) is 15.7. The minimum Gasteiger partial charge on any atom is -0.489 e. The molecule has 4 rings (SSSR count). The molecule has 1 amide bonds. The number of amides is 1. The maximum absolute atomic E-state index is 12.4. The molecule has 5 nitrogen and oxygen atoms in total. The highest BCUT2D eigenvalue weighted by Gasteiger charge is 2.17. The third-order valence-electron chi connectivity index (χ3n) is 4.81. The molecule has 0 aromatic heterocycles. The van der Waals surface area contributed by atoms with Gasteiger partial charge in [-0.15, -0.1) is 0 Å². The van der Waals surface area contributed by atoms with Crippen LogP contribution in [0.5, 0.6) is 5.75 Å². The maximum Gasteiger partial charge on any atom is 0.243 e. The number of benzene rings is 3. The van der Waals surface area contributed by atoms with E-state index in [2.05, 4.69) is 22.8 Å². The molecule has 0 saturated carbocycles. The summed E-state index contributed by atoms with van der Waals surface area (Å²) >= 11 is 0. The minimum absolute atomic E-state index is 0.124. The fourth-order valence-corrected chi connectivity index (χ4v) is 3.33. The summed E-state index contributed by atoms with van der Waals surface area (Å²) in [5, 5.41) is 8.42.